The maximum atomic E-state index is 12.2. The molecule has 1 aromatic carbocycles. The van der Waals surface area contributed by atoms with Crippen molar-refractivity contribution < 1.29 is 4.79 Å². The van der Waals surface area contributed by atoms with Gasteiger partial charge in [0, 0.05) is 13.1 Å². The maximum Gasteiger partial charge on any atom is 0.239 e. The van der Waals surface area contributed by atoms with Crippen LogP contribution in [0.5, 0.6) is 0 Å². The minimum atomic E-state index is -0.447. The van der Waals surface area contributed by atoms with Crippen LogP contribution in [0.25, 0.3) is 0 Å². The first kappa shape index (κ1) is 14.7. The number of likely N-dealkylation sites (N-methyl/N-ethyl adjacent to an activating group) is 1. The zero-order valence-electron chi connectivity index (χ0n) is 11.6. The Balaban J connectivity index is 2.56. The van der Waals surface area contributed by atoms with Gasteiger partial charge in [0.2, 0.25) is 5.91 Å². The fourth-order valence-corrected chi connectivity index (χ4v) is 2.05. The van der Waals surface area contributed by atoms with Crippen LogP contribution in [0.1, 0.15) is 32.3 Å². The van der Waals surface area contributed by atoms with Crippen molar-refractivity contribution in [2.75, 3.05) is 7.05 Å². The van der Waals surface area contributed by atoms with Crippen molar-refractivity contribution in [2.45, 2.75) is 45.2 Å². The summed E-state index contributed by atoms with van der Waals surface area (Å²) in [5, 5.41) is 0. The highest BCUT2D eigenvalue weighted by Crippen LogP contribution is 2.08. The molecule has 1 amide bonds. The molecule has 100 valence electrons. The molecule has 2 atom stereocenters. The van der Waals surface area contributed by atoms with E-state index in [1.165, 1.54) is 0 Å². The van der Waals surface area contributed by atoms with Crippen molar-refractivity contribution in [1.29, 1.82) is 0 Å². The molecule has 2 N–H and O–H groups in total. The average molecular weight is 248 g/mol. The Kier molecular flexibility index (Phi) is 5.86. The quantitative estimate of drug-likeness (QED) is 0.839. The molecule has 18 heavy (non-hydrogen) atoms. The molecule has 1 aromatic rings. The molecular formula is C15H24N2O. The van der Waals surface area contributed by atoms with Crippen molar-refractivity contribution in [3.63, 3.8) is 0 Å². The Labute approximate surface area is 110 Å². The van der Waals surface area contributed by atoms with Crippen LogP contribution in [-0.2, 0) is 11.2 Å². The maximum absolute atomic E-state index is 12.2. The van der Waals surface area contributed by atoms with Crippen molar-refractivity contribution in [3.05, 3.63) is 35.9 Å². The smallest absolute Gasteiger partial charge is 0.239 e. The van der Waals surface area contributed by atoms with Gasteiger partial charge >= 0.3 is 0 Å². The monoisotopic (exact) mass is 248 g/mol. The van der Waals surface area contributed by atoms with Crippen LogP contribution in [0.15, 0.2) is 30.3 Å². The number of carbonyl (C=O) groups is 1. The topological polar surface area (TPSA) is 46.3 Å². The number of hydrogen-bond acceptors (Lipinski definition) is 2. The lowest BCUT2D eigenvalue weighted by molar-refractivity contribution is -0.133. The zero-order valence-corrected chi connectivity index (χ0v) is 11.6. The predicted octanol–water partition coefficient (Wildman–Crippen LogP) is 2.20. The number of benzene rings is 1. The number of nitrogens with zero attached hydrogens (tertiary/aromatic N) is 1. The van der Waals surface area contributed by atoms with Gasteiger partial charge < -0.3 is 10.6 Å². The fourth-order valence-electron chi connectivity index (χ4n) is 2.05. The number of nitrogens with two attached hydrogens (primary N) is 1. The molecule has 0 aliphatic rings. The summed E-state index contributed by atoms with van der Waals surface area (Å²) in [6.45, 7) is 4.19. The van der Waals surface area contributed by atoms with Gasteiger partial charge in [0.25, 0.3) is 0 Å². The van der Waals surface area contributed by atoms with Gasteiger partial charge in [-0.1, -0.05) is 43.7 Å². The molecule has 0 radical (unpaired) electrons. The lowest BCUT2D eigenvalue weighted by atomic mass is 10.0. The van der Waals surface area contributed by atoms with Crippen molar-refractivity contribution in [1.82, 2.24) is 4.90 Å². The molecule has 0 heterocycles. The average Bonchev–Trinajstić information content (AvgIpc) is 2.38. The molecule has 0 saturated heterocycles. The second-order valence-electron chi connectivity index (χ2n) is 4.88. The van der Waals surface area contributed by atoms with Crippen molar-refractivity contribution in [3.8, 4) is 0 Å². The number of rotatable bonds is 6. The van der Waals surface area contributed by atoms with Crippen LogP contribution < -0.4 is 5.73 Å². The van der Waals surface area contributed by atoms with Crippen LogP contribution in [0.4, 0.5) is 0 Å². The molecule has 0 bridgehead atoms. The van der Waals surface area contributed by atoms with E-state index < -0.39 is 6.04 Å². The SMILES string of the molecule is CCCC(C)N(C)C(=O)[C@@H](N)Cc1ccccc1. The number of amides is 1. The van der Waals surface area contributed by atoms with E-state index in [9.17, 15) is 4.79 Å². The summed E-state index contributed by atoms with van der Waals surface area (Å²) >= 11 is 0. The molecule has 0 fully saturated rings. The van der Waals surface area contributed by atoms with E-state index in [0.29, 0.717) is 6.42 Å². The minimum absolute atomic E-state index is 0.0276. The highest BCUT2D eigenvalue weighted by molar-refractivity contribution is 5.82. The molecule has 3 heteroatoms. The molecule has 1 unspecified atom stereocenters. The summed E-state index contributed by atoms with van der Waals surface area (Å²) in [6.07, 6.45) is 2.69. The van der Waals surface area contributed by atoms with E-state index in [2.05, 4.69) is 13.8 Å². The minimum Gasteiger partial charge on any atom is -0.342 e. The Morgan fingerprint density at radius 2 is 1.94 bits per heavy atom. The van der Waals surface area contributed by atoms with Gasteiger partial charge in [0.15, 0.2) is 0 Å². The van der Waals surface area contributed by atoms with E-state index >= 15 is 0 Å². The summed E-state index contributed by atoms with van der Waals surface area (Å²) in [7, 11) is 1.84. The van der Waals surface area contributed by atoms with Gasteiger partial charge in [0.05, 0.1) is 6.04 Å². The van der Waals surface area contributed by atoms with Crippen LogP contribution in [0.3, 0.4) is 0 Å². The van der Waals surface area contributed by atoms with Gasteiger partial charge in [-0.15, -0.1) is 0 Å². The van der Waals surface area contributed by atoms with E-state index in [0.717, 1.165) is 18.4 Å². The number of hydrogen-bond donors (Lipinski definition) is 1. The summed E-state index contributed by atoms with van der Waals surface area (Å²) < 4.78 is 0. The van der Waals surface area contributed by atoms with Gasteiger partial charge in [-0.25, -0.2) is 0 Å². The molecule has 0 aromatic heterocycles. The Morgan fingerprint density at radius 3 is 2.50 bits per heavy atom. The van der Waals surface area contributed by atoms with E-state index in [1.54, 1.807) is 4.90 Å². The first-order valence-electron chi connectivity index (χ1n) is 6.62. The molecule has 1 rings (SSSR count). The third kappa shape index (κ3) is 4.15. The second kappa shape index (κ2) is 7.17. The third-order valence-corrected chi connectivity index (χ3v) is 3.33. The lowest BCUT2D eigenvalue weighted by Crippen LogP contribution is -2.46. The zero-order chi connectivity index (χ0) is 13.5. The van der Waals surface area contributed by atoms with Crippen molar-refractivity contribution in [2.24, 2.45) is 5.73 Å². The van der Waals surface area contributed by atoms with Gasteiger partial charge in [0.1, 0.15) is 0 Å². The summed E-state index contributed by atoms with van der Waals surface area (Å²) in [5.74, 6) is 0.0276. The molecule has 3 nitrogen and oxygen atoms in total. The van der Waals surface area contributed by atoms with Gasteiger partial charge in [-0.3, -0.25) is 4.79 Å². The lowest BCUT2D eigenvalue weighted by Gasteiger charge is -2.27. The molecule has 0 saturated carbocycles. The van der Waals surface area contributed by atoms with Crippen molar-refractivity contribution >= 4 is 5.91 Å². The Hall–Kier alpha value is -1.35. The summed E-state index contributed by atoms with van der Waals surface area (Å²) in [4.78, 5) is 13.9. The Bertz CT molecular complexity index is 364. The van der Waals surface area contributed by atoms with Crippen LogP contribution >= 0.6 is 0 Å². The highest BCUT2D eigenvalue weighted by atomic mass is 16.2. The Morgan fingerprint density at radius 1 is 1.33 bits per heavy atom. The van der Waals surface area contributed by atoms with Crippen LogP contribution in [0, 0.1) is 0 Å². The normalized spacial score (nSPS) is 14.0. The predicted molar refractivity (Wildman–Crippen MR) is 75.3 cm³/mol. The van der Waals surface area contributed by atoms with Gasteiger partial charge in [-0.05, 0) is 25.3 Å². The van der Waals surface area contributed by atoms with E-state index in [1.807, 2.05) is 37.4 Å². The highest BCUT2D eigenvalue weighted by Gasteiger charge is 2.21. The van der Waals surface area contributed by atoms with E-state index in [4.69, 9.17) is 5.73 Å². The largest absolute Gasteiger partial charge is 0.342 e. The summed E-state index contributed by atoms with van der Waals surface area (Å²) in [6, 6.07) is 9.71. The number of carbonyl (C=O) groups excluding carboxylic acids is 1. The third-order valence-electron chi connectivity index (χ3n) is 3.33. The molecule has 0 aliphatic carbocycles. The first-order chi connectivity index (χ1) is 8.56. The second-order valence-corrected chi connectivity index (χ2v) is 4.88. The molecular weight excluding hydrogens is 224 g/mol. The van der Waals surface area contributed by atoms with Gasteiger partial charge in [-0.2, -0.15) is 0 Å². The molecule has 0 spiro atoms. The first-order valence-corrected chi connectivity index (χ1v) is 6.62. The van der Waals surface area contributed by atoms with Crippen LogP contribution in [0.2, 0.25) is 0 Å². The fraction of sp³-hybridized carbons (Fsp3) is 0.533. The molecule has 0 aliphatic heterocycles. The summed E-state index contributed by atoms with van der Waals surface area (Å²) in [5.41, 5.74) is 7.10. The standard InChI is InChI=1S/C15H24N2O/c1-4-8-12(2)17(3)15(18)14(16)11-13-9-6-5-7-10-13/h5-7,9-10,12,14H,4,8,11,16H2,1-3H3/t12?,14-/m0/s1. The van der Waals surface area contributed by atoms with E-state index in [-0.39, 0.29) is 11.9 Å². The van der Waals surface area contributed by atoms with Crippen LogP contribution in [-0.4, -0.2) is 29.9 Å².